The number of carbonyl (C=O) groups excluding carboxylic acids is 1. The van der Waals surface area contributed by atoms with Gasteiger partial charge in [-0.3, -0.25) is 0 Å². The molecule has 0 amide bonds. The van der Waals surface area contributed by atoms with E-state index in [1.54, 1.807) is 31.4 Å². The molecule has 94 valence electrons. The molecule has 0 spiro atoms. The quantitative estimate of drug-likeness (QED) is 0.732. The molecule has 1 aromatic rings. The fourth-order valence-electron chi connectivity index (χ4n) is 1.53. The van der Waals surface area contributed by atoms with E-state index in [9.17, 15) is 4.79 Å². The predicted octanol–water partition coefficient (Wildman–Crippen LogP) is 1.80. The number of esters is 1. The van der Waals surface area contributed by atoms with Crippen LogP contribution in [0.5, 0.6) is 5.75 Å². The topological polar surface area (TPSA) is 38.8 Å². The number of methoxy groups -OCH3 is 1. The van der Waals surface area contributed by atoms with Gasteiger partial charge in [0, 0.05) is 6.54 Å². The van der Waals surface area contributed by atoms with Crippen LogP contribution in [0.2, 0.25) is 0 Å². The van der Waals surface area contributed by atoms with Crippen LogP contribution in [0, 0.1) is 0 Å². The van der Waals surface area contributed by atoms with Crippen molar-refractivity contribution in [3.8, 4) is 5.75 Å². The first-order valence-corrected chi connectivity index (χ1v) is 5.52. The van der Waals surface area contributed by atoms with Gasteiger partial charge < -0.3 is 14.4 Å². The lowest BCUT2D eigenvalue weighted by atomic mass is 10.2. The Balaban J connectivity index is 2.57. The van der Waals surface area contributed by atoms with Crippen LogP contribution in [-0.2, 0) is 4.74 Å². The summed E-state index contributed by atoms with van der Waals surface area (Å²) in [5.41, 5.74) is 0.538. The lowest BCUT2D eigenvalue weighted by Crippen LogP contribution is -2.28. The van der Waals surface area contributed by atoms with Crippen molar-refractivity contribution >= 4 is 5.97 Å². The molecule has 0 bridgehead atoms. The molecule has 0 heterocycles. The lowest BCUT2D eigenvalue weighted by molar-refractivity contribution is 0.0289. The smallest absolute Gasteiger partial charge is 0.338 e. The average Bonchev–Trinajstić information content (AvgIpc) is 2.28. The highest BCUT2D eigenvalue weighted by atomic mass is 16.5. The highest BCUT2D eigenvalue weighted by Gasteiger charge is 2.12. The molecule has 0 aromatic heterocycles. The van der Waals surface area contributed by atoms with Gasteiger partial charge in [-0.1, -0.05) is 0 Å². The number of rotatable bonds is 5. The van der Waals surface area contributed by atoms with E-state index in [-0.39, 0.29) is 12.1 Å². The summed E-state index contributed by atoms with van der Waals surface area (Å²) < 4.78 is 10.3. The van der Waals surface area contributed by atoms with Crippen LogP contribution in [0.15, 0.2) is 24.3 Å². The Morgan fingerprint density at radius 3 is 2.35 bits per heavy atom. The molecule has 0 fully saturated rings. The molecule has 0 aliphatic rings. The molecule has 0 radical (unpaired) electrons. The third-order valence-electron chi connectivity index (χ3n) is 2.26. The Morgan fingerprint density at radius 2 is 1.88 bits per heavy atom. The Kier molecular flexibility index (Phi) is 4.97. The van der Waals surface area contributed by atoms with Crippen LogP contribution >= 0.6 is 0 Å². The minimum absolute atomic E-state index is 0.125. The first kappa shape index (κ1) is 13.5. The summed E-state index contributed by atoms with van der Waals surface area (Å²) in [5.74, 6) is 0.421. The largest absolute Gasteiger partial charge is 0.497 e. The van der Waals surface area contributed by atoms with Crippen LogP contribution < -0.4 is 4.74 Å². The van der Waals surface area contributed by atoms with Crippen molar-refractivity contribution < 1.29 is 14.3 Å². The fourth-order valence-corrected chi connectivity index (χ4v) is 1.53. The molecular formula is C13H19NO3. The normalized spacial score (nSPS) is 12.3. The van der Waals surface area contributed by atoms with Gasteiger partial charge in [-0.15, -0.1) is 0 Å². The summed E-state index contributed by atoms with van der Waals surface area (Å²) in [6.45, 7) is 2.59. The second-order valence-electron chi connectivity index (χ2n) is 4.21. The molecule has 4 heteroatoms. The first-order chi connectivity index (χ1) is 8.02. The predicted molar refractivity (Wildman–Crippen MR) is 66.4 cm³/mol. The molecule has 1 rings (SSSR count). The van der Waals surface area contributed by atoms with E-state index < -0.39 is 0 Å². The molecule has 0 aliphatic heterocycles. The number of benzene rings is 1. The number of hydrogen-bond donors (Lipinski definition) is 0. The molecular weight excluding hydrogens is 218 g/mol. The van der Waals surface area contributed by atoms with Gasteiger partial charge >= 0.3 is 5.97 Å². The van der Waals surface area contributed by atoms with Gasteiger partial charge in [-0.2, -0.15) is 0 Å². The summed E-state index contributed by atoms with van der Waals surface area (Å²) in [4.78, 5) is 13.7. The summed E-state index contributed by atoms with van der Waals surface area (Å²) in [5, 5.41) is 0. The second kappa shape index (κ2) is 6.25. The standard InChI is InChI=1S/C13H19NO3/c1-10(9-14(2)3)17-13(15)11-5-7-12(16-4)8-6-11/h5-8,10H,9H2,1-4H3/t10-/m0/s1. The van der Waals surface area contributed by atoms with Crippen LogP contribution in [0.4, 0.5) is 0 Å². The monoisotopic (exact) mass is 237 g/mol. The van der Waals surface area contributed by atoms with Crippen molar-refractivity contribution in [2.45, 2.75) is 13.0 Å². The lowest BCUT2D eigenvalue weighted by Gasteiger charge is -2.17. The Hall–Kier alpha value is -1.55. The summed E-state index contributed by atoms with van der Waals surface area (Å²) in [6, 6.07) is 6.88. The molecule has 0 unspecified atom stereocenters. The van der Waals surface area contributed by atoms with Crippen LogP contribution in [0.25, 0.3) is 0 Å². The van der Waals surface area contributed by atoms with Crippen molar-refractivity contribution in [3.63, 3.8) is 0 Å². The molecule has 1 atom stereocenters. The maximum absolute atomic E-state index is 11.8. The molecule has 4 nitrogen and oxygen atoms in total. The van der Waals surface area contributed by atoms with Crippen LogP contribution in [-0.4, -0.2) is 44.7 Å². The van der Waals surface area contributed by atoms with E-state index in [1.165, 1.54) is 0 Å². The molecule has 1 aromatic carbocycles. The van der Waals surface area contributed by atoms with Gasteiger partial charge in [-0.05, 0) is 45.3 Å². The van der Waals surface area contributed by atoms with E-state index >= 15 is 0 Å². The summed E-state index contributed by atoms with van der Waals surface area (Å²) in [7, 11) is 5.47. The van der Waals surface area contributed by atoms with E-state index in [1.807, 2.05) is 25.9 Å². The fraction of sp³-hybridized carbons (Fsp3) is 0.462. The number of hydrogen-bond acceptors (Lipinski definition) is 4. The average molecular weight is 237 g/mol. The number of ether oxygens (including phenoxy) is 2. The molecule has 17 heavy (non-hydrogen) atoms. The molecule has 0 N–H and O–H groups in total. The van der Waals surface area contributed by atoms with E-state index in [4.69, 9.17) is 9.47 Å². The maximum atomic E-state index is 11.8. The zero-order valence-electron chi connectivity index (χ0n) is 10.8. The number of likely N-dealkylation sites (N-methyl/N-ethyl adjacent to an activating group) is 1. The van der Waals surface area contributed by atoms with Gasteiger partial charge in [0.15, 0.2) is 0 Å². The number of nitrogens with zero attached hydrogens (tertiary/aromatic N) is 1. The van der Waals surface area contributed by atoms with E-state index in [2.05, 4.69) is 0 Å². The summed E-state index contributed by atoms with van der Waals surface area (Å²) >= 11 is 0. The van der Waals surface area contributed by atoms with E-state index in [0.717, 1.165) is 5.75 Å². The first-order valence-electron chi connectivity index (χ1n) is 5.52. The highest BCUT2D eigenvalue weighted by molar-refractivity contribution is 5.89. The molecule has 0 saturated heterocycles. The highest BCUT2D eigenvalue weighted by Crippen LogP contribution is 2.12. The van der Waals surface area contributed by atoms with Crippen LogP contribution in [0.3, 0.4) is 0 Å². The Morgan fingerprint density at radius 1 is 1.29 bits per heavy atom. The minimum Gasteiger partial charge on any atom is -0.497 e. The van der Waals surface area contributed by atoms with Crippen molar-refractivity contribution in [2.24, 2.45) is 0 Å². The van der Waals surface area contributed by atoms with Crippen molar-refractivity contribution in [1.29, 1.82) is 0 Å². The van der Waals surface area contributed by atoms with Gasteiger partial charge in [0.25, 0.3) is 0 Å². The molecule has 0 saturated carbocycles. The van der Waals surface area contributed by atoms with Gasteiger partial charge in [0.05, 0.1) is 12.7 Å². The van der Waals surface area contributed by atoms with E-state index in [0.29, 0.717) is 12.1 Å². The SMILES string of the molecule is COc1ccc(C(=O)O[C@@H](C)CN(C)C)cc1. The Bertz CT molecular complexity index is 359. The van der Waals surface area contributed by atoms with Crippen LogP contribution in [0.1, 0.15) is 17.3 Å². The van der Waals surface area contributed by atoms with Gasteiger partial charge in [0.1, 0.15) is 11.9 Å². The third-order valence-corrected chi connectivity index (χ3v) is 2.26. The van der Waals surface area contributed by atoms with Crippen molar-refractivity contribution in [2.75, 3.05) is 27.7 Å². The second-order valence-corrected chi connectivity index (χ2v) is 4.21. The van der Waals surface area contributed by atoms with Crippen molar-refractivity contribution in [1.82, 2.24) is 4.90 Å². The van der Waals surface area contributed by atoms with Gasteiger partial charge in [-0.25, -0.2) is 4.79 Å². The summed E-state index contributed by atoms with van der Waals surface area (Å²) in [6.07, 6.45) is -0.125. The van der Waals surface area contributed by atoms with Gasteiger partial charge in [0.2, 0.25) is 0 Å². The maximum Gasteiger partial charge on any atom is 0.338 e. The zero-order valence-corrected chi connectivity index (χ0v) is 10.8. The number of carbonyl (C=O) groups is 1. The Labute approximate surface area is 102 Å². The van der Waals surface area contributed by atoms with Crippen molar-refractivity contribution in [3.05, 3.63) is 29.8 Å². The third kappa shape index (κ3) is 4.44. The molecule has 0 aliphatic carbocycles. The zero-order chi connectivity index (χ0) is 12.8. The minimum atomic E-state index is -0.304.